The van der Waals surface area contributed by atoms with Gasteiger partial charge < -0.3 is 5.11 Å². The molecule has 1 aromatic rings. The third kappa shape index (κ3) is 5.01. The van der Waals surface area contributed by atoms with Gasteiger partial charge in [-0.1, -0.05) is 11.8 Å². The van der Waals surface area contributed by atoms with E-state index in [1.165, 1.54) is 19.2 Å². The SMILES string of the molecule is CC(C)N(C)S(=O)(=O)Nc1ccc(C#CCCO)c(F)c1. The van der Waals surface area contributed by atoms with Crippen molar-refractivity contribution in [3.05, 3.63) is 29.6 Å². The molecule has 1 rings (SSSR count). The summed E-state index contributed by atoms with van der Waals surface area (Å²) in [6, 6.07) is 3.70. The normalized spacial score (nSPS) is 11.4. The van der Waals surface area contributed by atoms with Gasteiger partial charge in [-0.25, -0.2) is 4.39 Å². The van der Waals surface area contributed by atoms with Crippen molar-refractivity contribution in [2.24, 2.45) is 0 Å². The summed E-state index contributed by atoms with van der Waals surface area (Å²) in [7, 11) is -2.27. The zero-order valence-electron chi connectivity index (χ0n) is 12.2. The largest absolute Gasteiger partial charge is 0.395 e. The maximum atomic E-state index is 13.8. The van der Waals surface area contributed by atoms with E-state index in [-0.39, 0.29) is 30.3 Å². The smallest absolute Gasteiger partial charge is 0.301 e. The molecule has 7 heteroatoms. The van der Waals surface area contributed by atoms with E-state index in [1.807, 2.05) is 0 Å². The van der Waals surface area contributed by atoms with Crippen LogP contribution in [0.3, 0.4) is 0 Å². The molecule has 1 aromatic carbocycles. The molecule has 0 aromatic heterocycles. The Morgan fingerprint density at radius 3 is 2.62 bits per heavy atom. The van der Waals surface area contributed by atoms with Gasteiger partial charge >= 0.3 is 10.2 Å². The Bertz CT molecular complexity index is 648. The number of nitrogens with one attached hydrogen (secondary N) is 1. The fourth-order valence-corrected chi connectivity index (χ4v) is 2.52. The summed E-state index contributed by atoms with van der Waals surface area (Å²) in [4.78, 5) is 0. The van der Waals surface area contributed by atoms with E-state index in [4.69, 9.17) is 5.11 Å². The highest BCUT2D eigenvalue weighted by molar-refractivity contribution is 7.90. The lowest BCUT2D eigenvalue weighted by Gasteiger charge is -2.21. The minimum Gasteiger partial charge on any atom is -0.395 e. The summed E-state index contributed by atoms with van der Waals surface area (Å²) in [5.74, 6) is 4.56. The first-order valence-electron chi connectivity index (χ1n) is 6.43. The van der Waals surface area contributed by atoms with Crippen molar-refractivity contribution < 1.29 is 17.9 Å². The highest BCUT2D eigenvalue weighted by atomic mass is 32.2. The summed E-state index contributed by atoms with van der Waals surface area (Å²) in [5.41, 5.74) is 0.288. The van der Waals surface area contributed by atoms with Gasteiger partial charge in [0.2, 0.25) is 0 Å². The van der Waals surface area contributed by atoms with Crippen LogP contribution in [-0.4, -0.2) is 37.5 Å². The predicted molar refractivity (Wildman–Crippen MR) is 80.4 cm³/mol. The fraction of sp³-hybridized carbons (Fsp3) is 0.429. The van der Waals surface area contributed by atoms with Crippen LogP contribution in [0, 0.1) is 17.7 Å². The molecule has 21 heavy (non-hydrogen) atoms. The van der Waals surface area contributed by atoms with E-state index < -0.39 is 16.0 Å². The number of aliphatic hydroxyl groups is 1. The van der Waals surface area contributed by atoms with Gasteiger partial charge in [0, 0.05) is 19.5 Å². The van der Waals surface area contributed by atoms with Gasteiger partial charge in [0.25, 0.3) is 0 Å². The lowest BCUT2D eigenvalue weighted by atomic mass is 10.2. The first-order chi connectivity index (χ1) is 9.77. The van der Waals surface area contributed by atoms with Crippen molar-refractivity contribution in [1.82, 2.24) is 4.31 Å². The molecule has 0 aliphatic heterocycles. The van der Waals surface area contributed by atoms with Crippen LogP contribution < -0.4 is 4.72 Å². The quantitative estimate of drug-likeness (QED) is 0.810. The van der Waals surface area contributed by atoms with Crippen LogP contribution in [0.15, 0.2) is 18.2 Å². The second-order valence-electron chi connectivity index (χ2n) is 4.69. The maximum Gasteiger partial charge on any atom is 0.301 e. The highest BCUT2D eigenvalue weighted by Gasteiger charge is 2.20. The summed E-state index contributed by atoms with van der Waals surface area (Å²) in [5, 5.41) is 8.60. The lowest BCUT2D eigenvalue weighted by Crippen LogP contribution is -2.37. The molecule has 0 radical (unpaired) electrons. The Hall–Kier alpha value is -1.62. The number of benzene rings is 1. The molecule has 0 aliphatic carbocycles. The minimum atomic E-state index is -3.72. The zero-order valence-corrected chi connectivity index (χ0v) is 13.0. The standard InChI is InChI=1S/C14H19FN2O3S/c1-11(2)17(3)21(19,20)16-13-8-7-12(14(15)10-13)6-4-5-9-18/h7-8,10-11,16,18H,5,9H2,1-3H3. The molecule has 0 saturated carbocycles. The molecule has 0 atom stereocenters. The monoisotopic (exact) mass is 314 g/mol. The number of aliphatic hydroxyl groups excluding tert-OH is 1. The molecule has 0 aliphatic rings. The van der Waals surface area contributed by atoms with Crippen molar-refractivity contribution in [3.8, 4) is 11.8 Å². The van der Waals surface area contributed by atoms with Crippen LogP contribution >= 0.6 is 0 Å². The number of hydrogen-bond acceptors (Lipinski definition) is 3. The van der Waals surface area contributed by atoms with Crippen molar-refractivity contribution in [2.45, 2.75) is 26.3 Å². The van der Waals surface area contributed by atoms with Crippen LogP contribution in [0.5, 0.6) is 0 Å². The molecule has 0 amide bonds. The molecule has 0 unspecified atom stereocenters. The predicted octanol–water partition coefficient (Wildman–Crippen LogP) is 1.56. The summed E-state index contributed by atoms with van der Waals surface area (Å²) < 4.78 is 41.2. The molecule has 116 valence electrons. The summed E-state index contributed by atoms with van der Waals surface area (Å²) >= 11 is 0. The molecule has 0 spiro atoms. The molecular formula is C14H19FN2O3S. The lowest BCUT2D eigenvalue weighted by molar-refractivity contribution is 0.305. The average Bonchev–Trinajstić information content (AvgIpc) is 2.40. The van der Waals surface area contributed by atoms with Crippen molar-refractivity contribution in [2.75, 3.05) is 18.4 Å². The Morgan fingerprint density at radius 1 is 1.43 bits per heavy atom. The first kappa shape index (κ1) is 17.4. The van der Waals surface area contributed by atoms with E-state index in [0.717, 1.165) is 10.4 Å². The van der Waals surface area contributed by atoms with Gasteiger partial charge in [-0.3, -0.25) is 4.72 Å². The molecule has 2 N–H and O–H groups in total. The number of anilines is 1. The number of rotatable bonds is 5. The number of hydrogen-bond donors (Lipinski definition) is 2. The second kappa shape index (κ2) is 7.41. The summed E-state index contributed by atoms with van der Waals surface area (Å²) in [6.07, 6.45) is 0.257. The second-order valence-corrected chi connectivity index (χ2v) is 6.42. The average molecular weight is 314 g/mol. The third-order valence-corrected chi connectivity index (χ3v) is 4.46. The van der Waals surface area contributed by atoms with Crippen LogP contribution in [-0.2, 0) is 10.2 Å². The highest BCUT2D eigenvalue weighted by Crippen LogP contribution is 2.16. The fourth-order valence-electron chi connectivity index (χ4n) is 1.39. The van der Waals surface area contributed by atoms with E-state index in [9.17, 15) is 12.8 Å². The van der Waals surface area contributed by atoms with Gasteiger partial charge in [0.1, 0.15) is 5.82 Å². The topological polar surface area (TPSA) is 69.6 Å². The van der Waals surface area contributed by atoms with Crippen molar-refractivity contribution in [3.63, 3.8) is 0 Å². The van der Waals surface area contributed by atoms with Gasteiger partial charge in [0.05, 0.1) is 17.9 Å². The zero-order chi connectivity index (χ0) is 16.0. The van der Waals surface area contributed by atoms with Gasteiger partial charge in [0.15, 0.2) is 0 Å². The molecule has 5 nitrogen and oxygen atoms in total. The minimum absolute atomic E-state index is 0.0892. The molecule has 0 fully saturated rings. The molecular weight excluding hydrogens is 295 g/mol. The Morgan fingerprint density at radius 2 is 2.10 bits per heavy atom. The van der Waals surface area contributed by atoms with Gasteiger partial charge in [-0.15, -0.1) is 0 Å². The Labute approximate surface area is 125 Å². The number of halogens is 1. The van der Waals surface area contributed by atoms with Gasteiger partial charge in [-0.2, -0.15) is 12.7 Å². The van der Waals surface area contributed by atoms with Crippen molar-refractivity contribution >= 4 is 15.9 Å². The molecule has 0 saturated heterocycles. The number of nitrogens with zero attached hydrogens (tertiary/aromatic N) is 1. The van der Waals surface area contributed by atoms with Crippen molar-refractivity contribution in [1.29, 1.82) is 0 Å². The van der Waals surface area contributed by atoms with Crippen LogP contribution in [0.4, 0.5) is 10.1 Å². The van der Waals surface area contributed by atoms with Crippen LogP contribution in [0.2, 0.25) is 0 Å². The van der Waals surface area contributed by atoms with Gasteiger partial charge in [-0.05, 0) is 32.0 Å². The van der Waals surface area contributed by atoms with E-state index >= 15 is 0 Å². The van der Waals surface area contributed by atoms with E-state index in [1.54, 1.807) is 13.8 Å². The molecule has 0 heterocycles. The van der Waals surface area contributed by atoms with E-state index in [2.05, 4.69) is 16.6 Å². The van der Waals surface area contributed by atoms with Crippen LogP contribution in [0.25, 0.3) is 0 Å². The maximum absolute atomic E-state index is 13.8. The Kier molecular flexibility index (Phi) is 6.15. The summed E-state index contributed by atoms with van der Waals surface area (Å²) in [6.45, 7) is 3.38. The van der Waals surface area contributed by atoms with E-state index in [0.29, 0.717) is 0 Å². The Balaban J connectivity index is 2.93. The third-order valence-electron chi connectivity index (χ3n) is 2.78. The molecule has 0 bridgehead atoms. The first-order valence-corrected chi connectivity index (χ1v) is 7.87. The van der Waals surface area contributed by atoms with Crippen LogP contribution in [0.1, 0.15) is 25.8 Å².